The summed E-state index contributed by atoms with van der Waals surface area (Å²) in [5.41, 5.74) is -1.22. The summed E-state index contributed by atoms with van der Waals surface area (Å²) in [7, 11) is -1.78. The maximum Gasteiger partial charge on any atom is 0.410 e. The molecule has 1 amide bonds. The third-order valence-corrected chi connectivity index (χ3v) is 9.72. The van der Waals surface area contributed by atoms with Gasteiger partial charge in [0.05, 0.1) is 5.60 Å². The molecule has 0 unspecified atom stereocenters. The molecule has 0 bridgehead atoms. The zero-order valence-corrected chi connectivity index (χ0v) is 17.9. The number of carbonyl (C=O) groups excluding carboxylic acids is 1. The molecule has 0 aromatic carbocycles. The summed E-state index contributed by atoms with van der Waals surface area (Å²) < 4.78 is 11.6. The van der Waals surface area contributed by atoms with E-state index in [2.05, 4.69) is 33.9 Å². The maximum atomic E-state index is 12.1. The maximum absolute atomic E-state index is 12.1. The van der Waals surface area contributed by atoms with Crippen LogP contribution in [0, 0.1) is 0 Å². The quantitative estimate of drug-likeness (QED) is 0.766. The molecule has 0 aliphatic carbocycles. The summed E-state index contributed by atoms with van der Waals surface area (Å²) in [6.07, 6.45) is 1.49. The van der Waals surface area contributed by atoms with Crippen LogP contribution >= 0.6 is 0 Å². The van der Waals surface area contributed by atoms with Crippen LogP contribution in [0.3, 0.4) is 0 Å². The van der Waals surface area contributed by atoms with Crippen molar-refractivity contribution >= 4 is 14.4 Å². The van der Waals surface area contributed by atoms with Gasteiger partial charge >= 0.3 is 6.09 Å². The first-order valence-electron chi connectivity index (χ1n) is 9.00. The smallest absolute Gasteiger partial charge is 0.410 e. The number of rotatable bonds is 4. The average Bonchev–Trinajstić information content (AvgIpc) is 2.35. The Hall–Kier alpha value is -0.593. The minimum absolute atomic E-state index is 0.176. The molecule has 1 saturated heterocycles. The normalized spacial score (nSPS) is 19.3. The van der Waals surface area contributed by atoms with Crippen LogP contribution in [-0.2, 0) is 9.16 Å². The minimum Gasteiger partial charge on any atom is -0.444 e. The van der Waals surface area contributed by atoms with Crippen molar-refractivity contribution in [1.29, 1.82) is 0 Å². The number of piperidine rings is 1. The molecular weight excluding hydrogens is 322 g/mol. The molecule has 1 N–H and O–H groups in total. The predicted molar refractivity (Wildman–Crippen MR) is 99.8 cm³/mol. The third kappa shape index (κ3) is 6.37. The van der Waals surface area contributed by atoms with Crippen LogP contribution in [0.5, 0.6) is 0 Å². The van der Waals surface area contributed by atoms with Gasteiger partial charge in [0.25, 0.3) is 0 Å². The van der Waals surface area contributed by atoms with Gasteiger partial charge in [0.2, 0.25) is 0 Å². The van der Waals surface area contributed by atoms with E-state index in [0.717, 1.165) is 0 Å². The SMILES string of the molecule is CC(C)(C)OC(=O)N1CCC(O)(CCO[Si](C)(C)C(C)(C)C)CC1. The molecule has 1 aliphatic rings. The van der Waals surface area contributed by atoms with Gasteiger partial charge in [-0.3, -0.25) is 0 Å². The van der Waals surface area contributed by atoms with E-state index in [1.54, 1.807) is 4.90 Å². The van der Waals surface area contributed by atoms with Gasteiger partial charge in [0.1, 0.15) is 5.60 Å². The lowest BCUT2D eigenvalue weighted by Gasteiger charge is -2.40. The van der Waals surface area contributed by atoms with Gasteiger partial charge in [-0.05, 0) is 58.2 Å². The second kappa shape index (κ2) is 7.34. The monoisotopic (exact) mass is 359 g/mol. The zero-order chi connectivity index (χ0) is 18.8. The number of nitrogens with zero attached hydrogens (tertiary/aromatic N) is 1. The van der Waals surface area contributed by atoms with E-state index >= 15 is 0 Å². The predicted octanol–water partition coefficient (Wildman–Crippen LogP) is 4.16. The van der Waals surface area contributed by atoms with Crippen molar-refractivity contribution in [3.63, 3.8) is 0 Å². The summed E-state index contributed by atoms with van der Waals surface area (Å²) in [6.45, 7) is 18.3. The van der Waals surface area contributed by atoms with Gasteiger partial charge in [-0.25, -0.2) is 4.79 Å². The number of hydrogen-bond donors (Lipinski definition) is 1. The highest BCUT2D eigenvalue weighted by Crippen LogP contribution is 2.37. The standard InChI is InChI=1S/C18H37NO4Si/c1-16(2,3)23-15(20)19-12-9-18(21,10-13-19)11-14-22-24(7,8)17(4,5)6/h21H,9-14H2,1-8H3. The van der Waals surface area contributed by atoms with Crippen LogP contribution in [0.15, 0.2) is 0 Å². The summed E-state index contributed by atoms with van der Waals surface area (Å²) in [5, 5.41) is 10.9. The fourth-order valence-corrected chi connectivity index (χ4v) is 3.44. The first-order chi connectivity index (χ1) is 10.7. The van der Waals surface area contributed by atoms with Crippen LogP contribution in [0.25, 0.3) is 0 Å². The summed E-state index contributed by atoms with van der Waals surface area (Å²) in [6, 6.07) is 0. The Morgan fingerprint density at radius 2 is 1.62 bits per heavy atom. The highest BCUT2D eigenvalue weighted by molar-refractivity contribution is 6.74. The van der Waals surface area contributed by atoms with Crippen molar-refractivity contribution < 1.29 is 19.1 Å². The first kappa shape index (κ1) is 21.4. The average molecular weight is 360 g/mol. The van der Waals surface area contributed by atoms with Gasteiger partial charge in [-0.1, -0.05) is 20.8 Å². The van der Waals surface area contributed by atoms with Crippen LogP contribution < -0.4 is 0 Å². The van der Waals surface area contributed by atoms with E-state index in [4.69, 9.17) is 9.16 Å². The van der Waals surface area contributed by atoms with E-state index in [0.29, 0.717) is 39.0 Å². The Balaban J connectivity index is 2.44. The fourth-order valence-electron chi connectivity index (χ4n) is 2.39. The molecule has 24 heavy (non-hydrogen) atoms. The molecule has 0 spiro atoms. The van der Waals surface area contributed by atoms with E-state index in [-0.39, 0.29) is 11.1 Å². The van der Waals surface area contributed by atoms with Crippen molar-refractivity contribution in [3.8, 4) is 0 Å². The number of carbonyl (C=O) groups is 1. The lowest BCUT2D eigenvalue weighted by molar-refractivity contribution is -0.0428. The molecule has 0 aromatic rings. The molecule has 1 rings (SSSR count). The highest BCUT2D eigenvalue weighted by atomic mass is 28.4. The Labute approximate surface area is 148 Å². The van der Waals surface area contributed by atoms with Crippen molar-refractivity contribution in [2.75, 3.05) is 19.7 Å². The molecule has 0 atom stereocenters. The van der Waals surface area contributed by atoms with Gasteiger partial charge in [-0.2, -0.15) is 0 Å². The summed E-state index contributed by atoms with van der Waals surface area (Å²) in [4.78, 5) is 13.8. The fraction of sp³-hybridized carbons (Fsp3) is 0.944. The van der Waals surface area contributed by atoms with E-state index in [1.807, 2.05) is 20.8 Å². The molecule has 142 valence electrons. The number of aliphatic hydroxyl groups is 1. The molecule has 0 aromatic heterocycles. The number of amides is 1. The van der Waals surface area contributed by atoms with Crippen molar-refractivity contribution in [3.05, 3.63) is 0 Å². The van der Waals surface area contributed by atoms with E-state index in [1.165, 1.54) is 0 Å². The van der Waals surface area contributed by atoms with Gasteiger partial charge in [0.15, 0.2) is 8.32 Å². The number of ether oxygens (including phenoxy) is 1. The van der Waals surface area contributed by atoms with Crippen LogP contribution in [-0.4, -0.2) is 55.3 Å². The van der Waals surface area contributed by atoms with Gasteiger partial charge in [0, 0.05) is 19.7 Å². The lowest BCUT2D eigenvalue weighted by atomic mass is 9.89. The Morgan fingerprint density at radius 3 is 2.04 bits per heavy atom. The topological polar surface area (TPSA) is 59.0 Å². The molecule has 1 aliphatic heterocycles. The molecule has 1 fully saturated rings. The van der Waals surface area contributed by atoms with Gasteiger partial charge in [-0.15, -0.1) is 0 Å². The van der Waals surface area contributed by atoms with Crippen LogP contribution in [0.1, 0.15) is 60.8 Å². The largest absolute Gasteiger partial charge is 0.444 e. The summed E-state index contributed by atoms with van der Waals surface area (Å²) in [5.74, 6) is 0. The second-order valence-corrected chi connectivity index (χ2v) is 14.4. The van der Waals surface area contributed by atoms with Crippen LogP contribution in [0.2, 0.25) is 18.1 Å². The highest BCUT2D eigenvalue weighted by Gasteiger charge is 2.39. The number of hydrogen-bond acceptors (Lipinski definition) is 4. The van der Waals surface area contributed by atoms with E-state index < -0.39 is 19.5 Å². The van der Waals surface area contributed by atoms with Crippen molar-refractivity contribution in [2.45, 2.75) is 90.1 Å². The van der Waals surface area contributed by atoms with Crippen LogP contribution in [0.4, 0.5) is 4.79 Å². The molecule has 5 nitrogen and oxygen atoms in total. The Kier molecular flexibility index (Phi) is 6.56. The first-order valence-corrected chi connectivity index (χ1v) is 11.9. The van der Waals surface area contributed by atoms with Crippen molar-refractivity contribution in [1.82, 2.24) is 4.90 Å². The third-order valence-electron chi connectivity index (χ3n) is 5.18. The Morgan fingerprint density at radius 1 is 1.12 bits per heavy atom. The zero-order valence-electron chi connectivity index (χ0n) is 16.9. The summed E-state index contributed by atoms with van der Waals surface area (Å²) >= 11 is 0. The molecular formula is C18H37NO4Si. The lowest BCUT2D eigenvalue weighted by Crippen LogP contribution is -2.49. The van der Waals surface area contributed by atoms with E-state index in [9.17, 15) is 9.90 Å². The number of likely N-dealkylation sites (tertiary alicyclic amines) is 1. The second-order valence-electron chi connectivity index (χ2n) is 9.55. The molecule has 0 saturated carbocycles. The molecule has 0 radical (unpaired) electrons. The Bertz CT molecular complexity index is 429. The molecule has 6 heteroatoms. The van der Waals surface area contributed by atoms with Gasteiger partial charge < -0.3 is 19.2 Å². The minimum atomic E-state index is -1.78. The van der Waals surface area contributed by atoms with Crippen molar-refractivity contribution in [2.24, 2.45) is 0 Å². The molecule has 1 heterocycles.